The van der Waals surface area contributed by atoms with E-state index in [9.17, 15) is 0 Å². The average Bonchev–Trinajstić information content (AvgIpc) is 2.43. The molecular weight excluding hydrogens is 224 g/mol. The molecule has 0 bridgehead atoms. The molecule has 3 nitrogen and oxygen atoms in total. The first-order valence-electron chi connectivity index (χ1n) is 6.48. The van der Waals surface area contributed by atoms with E-state index in [1.807, 2.05) is 12.1 Å². The molecule has 0 spiro atoms. The third-order valence-corrected chi connectivity index (χ3v) is 3.54. The number of para-hydroxylation sites is 1. The zero-order chi connectivity index (χ0) is 12.8. The third kappa shape index (κ3) is 2.84. The molecule has 96 valence electrons. The van der Waals surface area contributed by atoms with Crippen LogP contribution in [-0.4, -0.2) is 12.6 Å². The summed E-state index contributed by atoms with van der Waals surface area (Å²) >= 11 is 0. The van der Waals surface area contributed by atoms with Crippen LogP contribution in [0.1, 0.15) is 37.2 Å². The van der Waals surface area contributed by atoms with Crippen molar-refractivity contribution < 1.29 is 4.74 Å². The van der Waals surface area contributed by atoms with Crippen LogP contribution < -0.4 is 16.0 Å². The minimum Gasteiger partial charge on any atom is -0.493 e. The van der Waals surface area contributed by atoms with Gasteiger partial charge < -0.3 is 4.74 Å². The van der Waals surface area contributed by atoms with Crippen molar-refractivity contribution in [2.45, 2.75) is 37.6 Å². The van der Waals surface area contributed by atoms with Crippen molar-refractivity contribution in [2.75, 3.05) is 6.61 Å². The Balaban J connectivity index is 2.10. The zero-order valence-corrected chi connectivity index (χ0v) is 10.6. The van der Waals surface area contributed by atoms with Gasteiger partial charge in [-0.2, -0.15) is 0 Å². The average molecular weight is 244 g/mol. The first-order valence-corrected chi connectivity index (χ1v) is 6.48. The van der Waals surface area contributed by atoms with E-state index in [0.29, 0.717) is 5.92 Å². The van der Waals surface area contributed by atoms with Crippen LogP contribution in [-0.2, 0) is 0 Å². The van der Waals surface area contributed by atoms with Gasteiger partial charge in [0.25, 0.3) is 0 Å². The number of fused-ring (bicyclic) bond motifs is 1. The van der Waals surface area contributed by atoms with Crippen molar-refractivity contribution in [3.63, 3.8) is 0 Å². The second-order valence-electron chi connectivity index (χ2n) is 4.65. The van der Waals surface area contributed by atoms with Crippen LogP contribution in [0.3, 0.4) is 0 Å². The summed E-state index contributed by atoms with van der Waals surface area (Å²) in [4.78, 5) is 0. The summed E-state index contributed by atoms with van der Waals surface area (Å²) in [6.07, 6.45) is 9.10. The summed E-state index contributed by atoms with van der Waals surface area (Å²) in [5.41, 5.74) is 4.20. The molecule has 0 aromatic heterocycles. The van der Waals surface area contributed by atoms with Gasteiger partial charge in [0.05, 0.1) is 6.61 Å². The van der Waals surface area contributed by atoms with Gasteiger partial charge in [-0.15, -0.1) is 12.3 Å². The van der Waals surface area contributed by atoms with Crippen LogP contribution >= 0.6 is 0 Å². The molecule has 0 amide bonds. The predicted octanol–water partition coefficient (Wildman–Crippen LogP) is 2.19. The zero-order valence-electron chi connectivity index (χ0n) is 10.6. The molecule has 1 aromatic rings. The number of benzene rings is 1. The maximum atomic E-state index is 5.70. The molecule has 0 saturated carbocycles. The molecule has 1 heterocycles. The van der Waals surface area contributed by atoms with E-state index >= 15 is 0 Å². The monoisotopic (exact) mass is 244 g/mol. The number of terminal acetylenes is 1. The lowest BCUT2D eigenvalue weighted by molar-refractivity contribution is 0.241. The van der Waals surface area contributed by atoms with Gasteiger partial charge >= 0.3 is 0 Å². The quantitative estimate of drug-likeness (QED) is 0.361. The maximum Gasteiger partial charge on any atom is 0.122 e. The number of hydrogen-bond donors (Lipinski definition) is 2. The molecule has 0 saturated heterocycles. The molecule has 0 fully saturated rings. The number of hydrazine groups is 1. The Labute approximate surface area is 109 Å². The Morgan fingerprint density at radius 2 is 2.33 bits per heavy atom. The molecule has 2 atom stereocenters. The molecule has 2 rings (SSSR count). The highest BCUT2D eigenvalue weighted by atomic mass is 16.5. The fourth-order valence-corrected chi connectivity index (χ4v) is 2.61. The summed E-state index contributed by atoms with van der Waals surface area (Å²) < 4.78 is 5.67. The second kappa shape index (κ2) is 6.44. The number of ether oxygens (including phenoxy) is 1. The normalized spacial score (nSPS) is 19.4. The largest absolute Gasteiger partial charge is 0.493 e. The molecule has 3 N–H and O–H groups in total. The lowest BCUT2D eigenvalue weighted by Crippen LogP contribution is -2.41. The van der Waals surface area contributed by atoms with Crippen LogP contribution in [0.2, 0.25) is 0 Å². The highest BCUT2D eigenvalue weighted by Crippen LogP contribution is 2.36. The van der Waals surface area contributed by atoms with E-state index in [-0.39, 0.29) is 6.04 Å². The van der Waals surface area contributed by atoms with Crippen molar-refractivity contribution in [3.8, 4) is 18.1 Å². The van der Waals surface area contributed by atoms with Crippen molar-refractivity contribution in [1.29, 1.82) is 0 Å². The van der Waals surface area contributed by atoms with Crippen molar-refractivity contribution in [1.82, 2.24) is 5.43 Å². The molecule has 1 aliphatic heterocycles. The summed E-state index contributed by atoms with van der Waals surface area (Å²) in [5.74, 6) is 9.78. The standard InChI is InChI=1S/C15H20N2O/c1-2-3-4-8-14(17-16)12-10-11-18-15-9-6-5-7-13(12)15/h1,5-7,9,12,14,17H,3-4,8,10-11,16H2. The molecule has 1 aliphatic rings. The molecule has 18 heavy (non-hydrogen) atoms. The Bertz CT molecular complexity index is 425. The number of hydrogen-bond acceptors (Lipinski definition) is 3. The number of nitrogens with one attached hydrogen (secondary N) is 1. The Kier molecular flexibility index (Phi) is 4.63. The van der Waals surface area contributed by atoms with E-state index in [0.717, 1.165) is 38.0 Å². The highest BCUT2D eigenvalue weighted by Gasteiger charge is 2.27. The van der Waals surface area contributed by atoms with Gasteiger partial charge in [-0.25, -0.2) is 0 Å². The fourth-order valence-electron chi connectivity index (χ4n) is 2.61. The van der Waals surface area contributed by atoms with Gasteiger partial charge in [0, 0.05) is 18.4 Å². The smallest absolute Gasteiger partial charge is 0.122 e. The van der Waals surface area contributed by atoms with E-state index < -0.39 is 0 Å². The van der Waals surface area contributed by atoms with Crippen molar-refractivity contribution in [2.24, 2.45) is 5.84 Å². The summed E-state index contributed by atoms with van der Waals surface area (Å²) in [6.45, 7) is 0.759. The van der Waals surface area contributed by atoms with Crippen LogP contribution in [0.25, 0.3) is 0 Å². The van der Waals surface area contributed by atoms with Crippen molar-refractivity contribution >= 4 is 0 Å². The van der Waals surface area contributed by atoms with E-state index in [2.05, 4.69) is 23.5 Å². The molecule has 2 unspecified atom stereocenters. The van der Waals surface area contributed by atoms with Gasteiger partial charge in [0.15, 0.2) is 0 Å². The lowest BCUT2D eigenvalue weighted by Gasteiger charge is -2.32. The Morgan fingerprint density at radius 3 is 3.11 bits per heavy atom. The van der Waals surface area contributed by atoms with Crippen LogP contribution in [0.5, 0.6) is 5.75 Å². The topological polar surface area (TPSA) is 47.3 Å². The SMILES string of the molecule is C#CCCCC(NN)C1CCOc2ccccc21. The molecular formula is C15H20N2O. The van der Waals surface area contributed by atoms with Crippen LogP contribution in [0.15, 0.2) is 24.3 Å². The van der Waals surface area contributed by atoms with E-state index in [4.69, 9.17) is 17.0 Å². The minimum atomic E-state index is 0.267. The predicted molar refractivity (Wildman–Crippen MR) is 73.1 cm³/mol. The van der Waals surface area contributed by atoms with Crippen LogP contribution in [0, 0.1) is 12.3 Å². The fraction of sp³-hybridized carbons (Fsp3) is 0.467. The van der Waals surface area contributed by atoms with E-state index in [1.54, 1.807) is 0 Å². The number of rotatable bonds is 5. The number of nitrogens with two attached hydrogens (primary N) is 1. The molecule has 1 aromatic carbocycles. The van der Waals surface area contributed by atoms with E-state index in [1.165, 1.54) is 5.56 Å². The van der Waals surface area contributed by atoms with Gasteiger partial charge in [-0.1, -0.05) is 18.2 Å². The summed E-state index contributed by atoms with van der Waals surface area (Å²) in [7, 11) is 0. The lowest BCUT2D eigenvalue weighted by atomic mass is 9.84. The second-order valence-corrected chi connectivity index (χ2v) is 4.65. The van der Waals surface area contributed by atoms with Gasteiger partial charge in [-0.3, -0.25) is 11.3 Å². The third-order valence-electron chi connectivity index (χ3n) is 3.54. The van der Waals surface area contributed by atoms with Crippen molar-refractivity contribution in [3.05, 3.63) is 29.8 Å². The Morgan fingerprint density at radius 1 is 1.50 bits per heavy atom. The molecule has 0 radical (unpaired) electrons. The minimum absolute atomic E-state index is 0.267. The first-order chi connectivity index (χ1) is 8.86. The summed E-state index contributed by atoms with van der Waals surface area (Å²) in [6, 6.07) is 8.48. The maximum absolute atomic E-state index is 5.70. The van der Waals surface area contributed by atoms with Gasteiger partial charge in [0.1, 0.15) is 5.75 Å². The first kappa shape index (κ1) is 12.9. The number of unbranched alkanes of at least 4 members (excludes halogenated alkanes) is 1. The van der Waals surface area contributed by atoms with Gasteiger partial charge in [-0.05, 0) is 30.9 Å². The summed E-state index contributed by atoms with van der Waals surface area (Å²) in [5, 5.41) is 0. The molecule has 0 aliphatic carbocycles. The van der Waals surface area contributed by atoms with Gasteiger partial charge in [0.2, 0.25) is 0 Å². The highest BCUT2D eigenvalue weighted by molar-refractivity contribution is 5.38. The Hall–Kier alpha value is -1.50. The van der Waals surface area contributed by atoms with Crippen LogP contribution in [0.4, 0.5) is 0 Å². The molecule has 3 heteroatoms.